The van der Waals surface area contributed by atoms with E-state index in [4.69, 9.17) is 20.9 Å². The minimum atomic E-state index is -1.41. The summed E-state index contributed by atoms with van der Waals surface area (Å²) in [6.07, 6.45) is 5.23. The molecule has 0 aliphatic rings. The van der Waals surface area contributed by atoms with Crippen LogP contribution in [0.2, 0.25) is 0 Å². The first-order valence-corrected chi connectivity index (χ1v) is 11.1. The minimum absolute atomic E-state index is 0.0990. The molecule has 2 aromatic heterocycles. The second-order valence-electron chi connectivity index (χ2n) is 9.09. The van der Waals surface area contributed by atoms with Gasteiger partial charge in [-0.05, 0) is 62.4 Å². The first kappa shape index (κ1) is 25.1. The number of nitrogens with zero attached hydrogens (tertiary/aromatic N) is 2. The largest absolute Gasteiger partial charge is 0.439 e. The van der Waals surface area contributed by atoms with Gasteiger partial charge in [0, 0.05) is 46.4 Å². The molecular formula is C26H26F2N4O4. The fraction of sp³-hybridized carbons (Fsp3) is 0.231. The average Bonchev–Trinajstić information content (AvgIpc) is 3.34. The third-order valence-corrected chi connectivity index (χ3v) is 5.46. The van der Waals surface area contributed by atoms with E-state index in [1.54, 1.807) is 45.8 Å². The topological polar surface area (TPSA) is 114 Å². The Kier molecular flexibility index (Phi) is 6.66. The number of fused-ring (bicyclic) bond motifs is 2. The molecule has 4 aromatic rings. The van der Waals surface area contributed by atoms with E-state index < -0.39 is 23.4 Å². The lowest BCUT2D eigenvalue weighted by molar-refractivity contribution is -0.155. The number of hydrogen-bond donors (Lipinski definition) is 2. The predicted octanol–water partition coefficient (Wildman–Crippen LogP) is 3.57. The van der Waals surface area contributed by atoms with Gasteiger partial charge in [-0.15, -0.1) is 0 Å². The summed E-state index contributed by atoms with van der Waals surface area (Å²) in [7, 11) is 0. The molecule has 10 heteroatoms. The van der Waals surface area contributed by atoms with E-state index in [2.05, 4.69) is 0 Å². The molecule has 2 atom stereocenters. The summed E-state index contributed by atoms with van der Waals surface area (Å²) in [4.78, 5) is 24.5. The number of aromatic nitrogens is 2. The summed E-state index contributed by atoms with van der Waals surface area (Å²) in [5.74, 6) is -2.41. The zero-order chi connectivity index (χ0) is 26.1. The maximum atomic E-state index is 13.4. The number of carbonyl (C=O) groups excluding carboxylic acids is 2. The van der Waals surface area contributed by atoms with E-state index in [1.165, 1.54) is 38.1 Å². The van der Waals surface area contributed by atoms with Gasteiger partial charge in [-0.25, -0.2) is 18.4 Å². The number of rotatable bonds is 8. The van der Waals surface area contributed by atoms with Crippen LogP contribution in [0, 0.1) is 11.6 Å². The SMILES string of the molecule is C[C@](N)(Cn1ccc2cc(F)ccc21)OC(=O)/C=C/C(=O)O[C@@](C)(N)Cn1ccc2cc(F)ccc21. The zero-order valence-corrected chi connectivity index (χ0v) is 19.8. The Balaban J connectivity index is 1.33. The van der Waals surface area contributed by atoms with Crippen molar-refractivity contribution in [1.82, 2.24) is 9.13 Å². The molecule has 36 heavy (non-hydrogen) atoms. The summed E-state index contributed by atoms with van der Waals surface area (Å²) in [6, 6.07) is 12.1. The fourth-order valence-electron chi connectivity index (χ4n) is 4.02. The lowest BCUT2D eigenvalue weighted by atomic mass is 10.2. The van der Waals surface area contributed by atoms with E-state index in [0.29, 0.717) is 10.8 Å². The van der Waals surface area contributed by atoms with Crippen LogP contribution in [0.4, 0.5) is 8.78 Å². The van der Waals surface area contributed by atoms with Crippen molar-refractivity contribution in [3.05, 3.63) is 84.7 Å². The molecule has 0 saturated carbocycles. The summed E-state index contributed by atoms with van der Waals surface area (Å²) in [5.41, 5.74) is 10.9. The van der Waals surface area contributed by atoms with Crippen molar-refractivity contribution in [3.8, 4) is 0 Å². The van der Waals surface area contributed by atoms with Crippen molar-refractivity contribution in [2.24, 2.45) is 11.5 Å². The molecule has 0 bridgehead atoms. The summed E-state index contributed by atoms with van der Waals surface area (Å²) < 4.78 is 40.9. The van der Waals surface area contributed by atoms with Crippen molar-refractivity contribution in [1.29, 1.82) is 0 Å². The molecule has 0 spiro atoms. The van der Waals surface area contributed by atoms with Gasteiger partial charge in [0.2, 0.25) is 0 Å². The maximum absolute atomic E-state index is 13.4. The fourth-order valence-corrected chi connectivity index (χ4v) is 4.02. The Morgan fingerprint density at radius 3 is 1.56 bits per heavy atom. The van der Waals surface area contributed by atoms with Crippen LogP contribution < -0.4 is 11.5 Å². The van der Waals surface area contributed by atoms with Gasteiger partial charge in [0.25, 0.3) is 0 Å². The Morgan fingerprint density at radius 2 is 1.17 bits per heavy atom. The summed E-state index contributed by atoms with van der Waals surface area (Å²) >= 11 is 0. The van der Waals surface area contributed by atoms with Crippen molar-refractivity contribution in [2.75, 3.05) is 0 Å². The molecule has 0 aliphatic heterocycles. The van der Waals surface area contributed by atoms with Crippen molar-refractivity contribution < 1.29 is 27.8 Å². The third kappa shape index (κ3) is 5.96. The monoisotopic (exact) mass is 496 g/mol. The van der Waals surface area contributed by atoms with E-state index in [1.807, 2.05) is 0 Å². The smallest absolute Gasteiger partial charge is 0.332 e. The van der Waals surface area contributed by atoms with Crippen molar-refractivity contribution in [2.45, 2.75) is 38.4 Å². The van der Waals surface area contributed by atoms with Gasteiger partial charge in [0.1, 0.15) is 11.6 Å². The highest BCUT2D eigenvalue weighted by Crippen LogP contribution is 2.21. The van der Waals surface area contributed by atoms with Gasteiger partial charge in [0.15, 0.2) is 11.4 Å². The van der Waals surface area contributed by atoms with Crippen LogP contribution in [-0.2, 0) is 32.2 Å². The second kappa shape index (κ2) is 9.56. The number of carbonyl (C=O) groups is 2. The molecular weight excluding hydrogens is 470 g/mol. The molecule has 0 saturated heterocycles. The van der Waals surface area contributed by atoms with Gasteiger partial charge in [-0.2, -0.15) is 0 Å². The zero-order valence-electron chi connectivity index (χ0n) is 19.8. The van der Waals surface area contributed by atoms with Crippen LogP contribution in [0.25, 0.3) is 21.8 Å². The molecule has 4 N–H and O–H groups in total. The maximum Gasteiger partial charge on any atom is 0.332 e. The second-order valence-corrected chi connectivity index (χ2v) is 9.09. The van der Waals surface area contributed by atoms with Crippen molar-refractivity contribution in [3.63, 3.8) is 0 Å². The van der Waals surface area contributed by atoms with Gasteiger partial charge >= 0.3 is 11.9 Å². The molecule has 0 amide bonds. The van der Waals surface area contributed by atoms with Gasteiger partial charge in [-0.3, -0.25) is 11.5 Å². The summed E-state index contributed by atoms with van der Waals surface area (Å²) in [6.45, 7) is 3.22. The molecule has 0 fully saturated rings. The van der Waals surface area contributed by atoms with Crippen LogP contribution in [0.5, 0.6) is 0 Å². The van der Waals surface area contributed by atoms with E-state index >= 15 is 0 Å². The van der Waals surface area contributed by atoms with Gasteiger partial charge < -0.3 is 18.6 Å². The average molecular weight is 497 g/mol. The molecule has 4 rings (SSSR count). The highest BCUT2D eigenvalue weighted by Gasteiger charge is 2.26. The normalized spacial score (nSPS) is 15.2. The van der Waals surface area contributed by atoms with Gasteiger partial charge in [0.05, 0.1) is 13.1 Å². The molecule has 2 heterocycles. The lowest BCUT2D eigenvalue weighted by Crippen LogP contribution is -2.45. The standard InChI is InChI=1S/C26H26F2N4O4/c1-25(29,15-31-11-9-17-13-19(27)3-5-21(17)31)35-23(33)7-8-24(34)36-26(2,30)16-32-12-10-18-14-20(28)4-6-22(18)32/h3-14H,15-16,29-30H2,1-2H3/b8-7+/t25-,26-/m1/s1. The van der Waals surface area contributed by atoms with Crippen LogP contribution in [0.3, 0.4) is 0 Å². The molecule has 0 radical (unpaired) electrons. The number of ether oxygens (including phenoxy) is 2. The number of nitrogens with two attached hydrogens (primary N) is 2. The van der Waals surface area contributed by atoms with E-state index in [-0.39, 0.29) is 24.7 Å². The highest BCUT2D eigenvalue weighted by molar-refractivity contribution is 5.92. The molecule has 2 aromatic carbocycles. The molecule has 0 aliphatic carbocycles. The van der Waals surface area contributed by atoms with Crippen LogP contribution in [-0.4, -0.2) is 32.5 Å². The Morgan fingerprint density at radius 1 is 0.778 bits per heavy atom. The Bertz CT molecular complexity index is 1360. The van der Waals surface area contributed by atoms with E-state index in [0.717, 1.165) is 23.2 Å². The van der Waals surface area contributed by atoms with Crippen LogP contribution >= 0.6 is 0 Å². The first-order chi connectivity index (χ1) is 16.9. The summed E-state index contributed by atoms with van der Waals surface area (Å²) in [5, 5.41) is 1.37. The predicted molar refractivity (Wildman–Crippen MR) is 130 cm³/mol. The minimum Gasteiger partial charge on any atom is -0.439 e. The number of esters is 2. The van der Waals surface area contributed by atoms with Gasteiger partial charge in [-0.1, -0.05) is 0 Å². The highest BCUT2D eigenvalue weighted by atomic mass is 19.1. The first-order valence-electron chi connectivity index (χ1n) is 11.1. The number of halogens is 2. The van der Waals surface area contributed by atoms with Crippen LogP contribution in [0.15, 0.2) is 73.1 Å². The molecule has 0 unspecified atom stereocenters. The van der Waals surface area contributed by atoms with Crippen LogP contribution in [0.1, 0.15) is 13.8 Å². The number of hydrogen-bond acceptors (Lipinski definition) is 6. The third-order valence-electron chi connectivity index (χ3n) is 5.46. The molecule has 188 valence electrons. The molecule has 8 nitrogen and oxygen atoms in total. The van der Waals surface area contributed by atoms with Crippen molar-refractivity contribution >= 4 is 33.7 Å². The number of benzene rings is 2. The van der Waals surface area contributed by atoms with E-state index in [9.17, 15) is 18.4 Å². The lowest BCUT2D eigenvalue weighted by Gasteiger charge is -2.26. The Hall–Kier alpha value is -4.02. The quantitative estimate of drug-likeness (QED) is 0.219. The Labute approximate surface area is 205 Å².